The van der Waals surface area contributed by atoms with Gasteiger partial charge in [-0.2, -0.15) is 0 Å². The summed E-state index contributed by atoms with van der Waals surface area (Å²) in [4.78, 5) is 18.9. The molecule has 0 saturated heterocycles. The Morgan fingerprint density at radius 3 is 2.57 bits per heavy atom. The fourth-order valence-electron chi connectivity index (χ4n) is 2.65. The van der Waals surface area contributed by atoms with E-state index in [0.29, 0.717) is 12.1 Å². The van der Waals surface area contributed by atoms with Crippen LogP contribution in [0.4, 0.5) is 27.6 Å². The number of nitrogens with zero attached hydrogens (tertiary/aromatic N) is 2. The highest BCUT2D eigenvalue weighted by Crippen LogP contribution is 2.49. The van der Waals surface area contributed by atoms with Gasteiger partial charge in [0, 0.05) is 30.8 Å². The van der Waals surface area contributed by atoms with Gasteiger partial charge in [0.2, 0.25) is 0 Å². The third kappa shape index (κ3) is 3.51. The van der Waals surface area contributed by atoms with Gasteiger partial charge in [-0.05, 0) is 18.2 Å². The van der Waals surface area contributed by atoms with Gasteiger partial charge in [0.25, 0.3) is 11.7 Å². The van der Waals surface area contributed by atoms with Crippen LogP contribution in [0.1, 0.15) is 28.9 Å². The number of anilines is 1. The number of hydrogen-bond donors (Lipinski definition) is 2. The number of pyridine rings is 1. The number of alkyl halides is 3. The monoisotopic (exact) mass is 418 g/mol. The van der Waals surface area contributed by atoms with E-state index in [-0.39, 0.29) is 10.7 Å². The van der Waals surface area contributed by atoms with Crippen molar-refractivity contribution in [3.63, 3.8) is 0 Å². The normalized spacial score (nSPS) is 21.1. The van der Waals surface area contributed by atoms with Crippen LogP contribution in [0.5, 0.6) is 0 Å². The van der Waals surface area contributed by atoms with Crippen LogP contribution in [0, 0.1) is 11.6 Å². The Hall–Kier alpha value is -2.75. The number of aliphatic imine (C=N–C) groups is 1. The molecule has 3 N–H and O–H groups in total. The zero-order valence-electron chi connectivity index (χ0n) is 13.9. The summed E-state index contributed by atoms with van der Waals surface area (Å²) in [5, 5.41) is 2.39. The van der Waals surface area contributed by atoms with Crippen molar-refractivity contribution in [2.24, 2.45) is 10.7 Å². The maximum Gasteiger partial charge on any atom is 0.306 e. The van der Waals surface area contributed by atoms with E-state index >= 15 is 4.39 Å². The molecule has 0 unspecified atom stereocenters. The van der Waals surface area contributed by atoms with Crippen LogP contribution in [0.2, 0.25) is 5.02 Å². The number of carbonyl (C=O) groups is 1. The first kappa shape index (κ1) is 20.0. The van der Waals surface area contributed by atoms with Crippen molar-refractivity contribution in [2.75, 3.05) is 5.32 Å². The maximum absolute atomic E-state index is 15.1. The van der Waals surface area contributed by atoms with E-state index in [1.54, 1.807) is 0 Å². The molecule has 2 heterocycles. The molecule has 28 heavy (non-hydrogen) atoms. The molecule has 0 spiro atoms. The van der Waals surface area contributed by atoms with Crippen LogP contribution < -0.4 is 11.1 Å². The smallest absolute Gasteiger partial charge is 0.306 e. The number of amides is 1. The topological polar surface area (TPSA) is 80.4 Å². The molecule has 148 valence electrons. The molecular weight excluding hydrogens is 407 g/mol. The highest BCUT2D eigenvalue weighted by molar-refractivity contribution is 6.30. The zero-order chi connectivity index (χ0) is 20.7. The van der Waals surface area contributed by atoms with E-state index in [2.05, 4.69) is 15.3 Å². The van der Waals surface area contributed by atoms with Crippen LogP contribution in [0.3, 0.4) is 0 Å². The molecule has 0 fully saturated rings. The molecular formula is C17H12ClF5N4O. The fraction of sp³-hybridized carbons (Fsp3) is 0.235. The molecule has 5 nitrogen and oxygen atoms in total. The van der Waals surface area contributed by atoms with Gasteiger partial charge in [-0.3, -0.25) is 4.79 Å². The molecule has 3 rings (SSSR count). The Morgan fingerprint density at radius 1 is 1.21 bits per heavy atom. The first-order valence-electron chi connectivity index (χ1n) is 7.87. The Labute approximate surface area is 160 Å². The minimum atomic E-state index is -4.14. The van der Waals surface area contributed by atoms with Crippen molar-refractivity contribution in [3.8, 4) is 0 Å². The SMILES string of the molecule is NC1=N[C@](F)(c2cc(NC(=O)c3ccc(Cl)cn3)cc(F)c2F)C(F)(F)CC1. The second kappa shape index (κ2) is 7.01. The third-order valence-corrected chi connectivity index (χ3v) is 4.30. The van der Waals surface area contributed by atoms with Gasteiger partial charge in [0.15, 0.2) is 11.6 Å². The minimum Gasteiger partial charge on any atom is -0.387 e. The largest absolute Gasteiger partial charge is 0.387 e. The van der Waals surface area contributed by atoms with Crippen LogP contribution in [-0.4, -0.2) is 22.6 Å². The van der Waals surface area contributed by atoms with Crippen LogP contribution in [0.25, 0.3) is 0 Å². The van der Waals surface area contributed by atoms with Crippen molar-refractivity contribution in [3.05, 3.63) is 58.4 Å². The molecule has 0 bridgehead atoms. The van der Waals surface area contributed by atoms with Gasteiger partial charge in [0.05, 0.1) is 16.4 Å². The van der Waals surface area contributed by atoms with E-state index < -0.39 is 59.2 Å². The standard InChI is InChI=1S/C17H12ClF5N4O/c18-8-1-2-12(25-7-8)15(28)26-9-5-10(14(20)11(19)6-9)17(23)16(21,22)4-3-13(24)27-17/h1-2,5-7H,3-4H2,(H2,24,27)(H,26,28)/t17-/m1/s1. The van der Waals surface area contributed by atoms with E-state index in [4.69, 9.17) is 17.3 Å². The molecule has 1 atom stereocenters. The summed E-state index contributed by atoms with van der Waals surface area (Å²) in [5.74, 6) is -12.9. The summed E-state index contributed by atoms with van der Waals surface area (Å²) in [7, 11) is 0. The summed E-state index contributed by atoms with van der Waals surface area (Å²) >= 11 is 5.65. The highest BCUT2D eigenvalue weighted by atomic mass is 35.5. The Balaban J connectivity index is 2.02. The first-order valence-corrected chi connectivity index (χ1v) is 8.24. The maximum atomic E-state index is 15.1. The van der Waals surface area contributed by atoms with Crippen molar-refractivity contribution >= 4 is 29.0 Å². The quantitative estimate of drug-likeness (QED) is 0.580. The number of rotatable bonds is 3. The lowest BCUT2D eigenvalue weighted by Gasteiger charge is -2.34. The number of halogens is 6. The Kier molecular flexibility index (Phi) is 5.00. The lowest BCUT2D eigenvalue weighted by Crippen LogP contribution is -2.46. The molecule has 1 aliphatic heterocycles. The number of nitrogens with two attached hydrogens (primary N) is 1. The molecule has 1 amide bonds. The Morgan fingerprint density at radius 2 is 1.93 bits per heavy atom. The zero-order valence-corrected chi connectivity index (χ0v) is 14.7. The third-order valence-electron chi connectivity index (χ3n) is 4.08. The highest BCUT2D eigenvalue weighted by Gasteiger charge is 2.59. The number of benzene rings is 1. The van der Waals surface area contributed by atoms with Crippen molar-refractivity contribution in [1.29, 1.82) is 0 Å². The number of carbonyl (C=O) groups excluding carboxylic acids is 1. The van der Waals surface area contributed by atoms with E-state index in [9.17, 15) is 22.4 Å². The van der Waals surface area contributed by atoms with E-state index in [1.165, 1.54) is 18.3 Å². The summed E-state index contributed by atoms with van der Waals surface area (Å²) < 4.78 is 71.6. The molecule has 0 radical (unpaired) electrons. The average Bonchev–Trinajstić information content (AvgIpc) is 2.62. The van der Waals surface area contributed by atoms with Gasteiger partial charge in [-0.15, -0.1) is 0 Å². The number of aromatic nitrogens is 1. The predicted molar refractivity (Wildman–Crippen MR) is 92.1 cm³/mol. The summed E-state index contributed by atoms with van der Waals surface area (Å²) in [6, 6.07) is 3.67. The van der Waals surface area contributed by atoms with E-state index in [1.807, 2.05) is 0 Å². The first-order chi connectivity index (χ1) is 13.0. The lowest BCUT2D eigenvalue weighted by molar-refractivity contribution is -0.149. The predicted octanol–water partition coefficient (Wildman–Crippen LogP) is 4.17. The fourth-order valence-corrected chi connectivity index (χ4v) is 2.76. The second-order valence-corrected chi connectivity index (χ2v) is 6.50. The molecule has 0 aliphatic carbocycles. The number of amidine groups is 1. The summed E-state index contributed by atoms with van der Waals surface area (Å²) in [6.45, 7) is 0. The van der Waals surface area contributed by atoms with Crippen molar-refractivity contribution in [1.82, 2.24) is 4.98 Å². The molecule has 0 saturated carbocycles. The second-order valence-electron chi connectivity index (χ2n) is 6.07. The van der Waals surface area contributed by atoms with E-state index in [0.717, 1.165) is 0 Å². The lowest BCUT2D eigenvalue weighted by atomic mass is 9.91. The number of nitrogens with one attached hydrogen (secondary N) is 1. The summed E-state index contributed by atoms with van der Waals surface area (Å²) in [6.07, 6.45) is -0.267. The van der Waals surface area contributed by atoms with Crippen LogP contribution >= 0.6 is 11.6 Å². The van der Waals surface area contributed by atoms with Gasteiger partial charge < -0.3 is 11.1 Å². The average molecular weight is 419 g/mol. The van der Waals surface area contributed by atoms with Crippen molar-refractivity contribution < 1.29 is 26.7 Å². The van der Waals surface area contributed by atoms with Gasteiger partial charge in [-0.1, -0.05) is 11.6 Å². The van der Waals surface area contributed by atoms with Crippen LogP contribution in [-0.2, 0) is 5.79 Å². The molecule has 1 aliphatic rings. The molecule has 2 aromatic rings. The molecule has 1 aromatic carbocycles. The van der Waals surface area contributed by atoms with Gasteiger partial charge >= 0.3 is 5.92 Å². The Bertz CT molecular complexity index is 967. The van der Waals surface area contributed by atoms with Gasteiger partial charge in [0.1, 0.15) is 5.69 Å². The van der Waals surface area contributed by atoms with Crippen LogP contribution in [0.15, 0.2) is 35.5 Å². The van der Waals surface area contributed by atoms with Crippen molar-refractivity contribution in [2.45, 2.75) is 24.6 Å². The van der Waals surface area contributed by atoms with Gasteiger partial charge in [-0.25, -0.2) is 31.9 Å². The minimum absolute atomic E-state index is 0.143. The number of hydrogen-bond acceptors (Lipinski definition) is 4. The summed E-state index contributed by atoms with van der Waals surface area (Å²) in [5.41, 5.74) is 3.35. The molecule has 11 heteroatoms. The molecule has 1 aromatic heterocycles.